The van der Waals surface area contributed by atoms with Crippen molar-refractivity contribution in [3.63, 3.8) is 0 Å². The topological polar surface area (TPSA) is 300 Å². The average molecular weight is 787 g/mol. The molecule has 2 fully saturated rings. The van der Waals surface area contributed by atoms with E-state index in [2.05, 4.69) is 15.1 Å². The number of carbonyl (C=O) groups is 3. The van der Waals surface area contributed by atoms with Crippen molar-refractivity contribution in [2.24, 2.45) is 5.73 Å². The highest BCUT2D eigenvalue weighted by Gasteiger charge is 2.51. The van der Waals surface area contributed by atoms with Gasteiger partial charge in [-0.3, -0.25) is 28.5 Å². The minimum Gasteiger partial charge on any atom is -0.461 e. The van der Waals surface area contributed by atoms with Gasteiger partial charge in [-0.2, -0.15) is 16.8 Å². The number of hydrogen-bond acceptors (Lipinski definition) is 16. The summed E-state index contributed by atoms with van der Waals surface area (Å²) < 4.78 is 73.2. The molecule has 20 nitrogen and oxygen atoms in total. The van der Waals surface area contributed by atoms with Crippen molar-refractivity contribution >= 4 is 54.5 Å². The predicted octanol–water partition coefficient (Wildman–Crippen LogP) is 1.03. The lowest BCUT2D eigenvalue weighted by atomic mass is 9.97. The quantitative estimate of drug-likeness (QED) is 0.0862. The normalized spacial score (nSPS) is 19.6. The number of nitrogens with zero attached hydrogens (tertiary/aromatic N) is 2. The first-order chi connectivity index (χ1) is 24.8. The monoisotopic (exact) mass is 786 g/mol. The number of rotatable bonds is 12. The number of anilines is 1. The Morgan fingerprint density at radius 3 is 2.13 bits per heavy atom. The average Bonchev–Trinajstić information content (AvgIpc) is 3.64. The molecule has 2 aliphatic heterocycles. The Labute approximate surface area is 303 Å². The molecular weight excluding hydrogens is 748 g/mol. The molecule has 2 saturated heterocycles. The summed E-state index contributed by atoms with van der Waals surface area (Å²) in [5.41, 5.74) is 7.98. The second-order valence-electron chi connectivity index (χ2n) is 11.6. The number of carbonyl (C=O) groups excluding carboxylic acids is 3. The molecule has 0 spiro atoms. The fourth-order valence-electron chi connectivity index (χ4n) is 5.03. The molecule has 2 aromatic carbocycles. The number of nitrogens with two attached hydrogens (primary N) is 1. The van der Waals surface area contributed by atoms with Crippen molar-refractivity contribution in [1.29, 1.82) is 0 Å². The summed E-state index contributed by atoms with van der Waals surface area (Å²) in [5, 5.41) is 14.5. The number of nitrogens with one attached hydrogen (secondary N) is 1. The van der Waals surface area contributed by atoms with Crippen LogP contribution in [0.25, 0.3) is 10.8 Å². The van der Waals surface area contributed by atoms with E-state index in [0.717, 1.165) is 10.8 Å². The smallest absolute Gasteiger partial charge is 0.306 e. The Morgan fingerprint density at radius 2 is 1.53 bits per heavy atom. The zero-order valence-corrected chi connectivity index (χ0v) is 29.9. The standard InChI is InChI=1S/C29H30N4O10.2CH4O3S/c30-12-22(29(36)32-21-6-5-20-13-31-10-9-19(20)11-21)18-3-1-17(2-4-18)14-39-25(34)7-8-26(35)42-23-15-40-28-24(43-33(37)38)16-41-27(23)28;2*1-5(2,3)4/h1-6,9-11,13,22-24,27-28H,7-8,12,14-16,30H2,(H,32,36);2*1H3,(H,2,3,4)/t22?,23-,24+,27+,28+;;/m1../s1. The van der Waals surface area contributed by atoms with Gasteiger partial charge < -0.3 is 34.8 Å². The van der Waals surface area contributed by atoms with Crippen molar-refractivity contribution in [2.45, 2.75) is 49.8 Å². The molecule has 5 rings (SSSR count). The summed E-state index contributed by atoms with van der Waals surface area (Å²) in [7, 11) is -7.33. The highest BCUT2D eigenvalue weighted by atomic mass is 32.2. The molecule has 5 N–H and O–H groups in total. The number of amides is 1. The van der Waals surface area contributed by atoms with Gasteiger partial charge >= 0.3 is 11.9 Å². The third-order valence-electron chi connectivity index (χ3n) is 7.24. The van der Waals surface area contributed by atoms with Gasteiger partial charge in [-0.05, 0) is 34.7 Å². The molecule has 1 unspecified atom stereocenters. The molecule has 3 heterocycles. The zero-order valence-electron chi connectivity index (χ0n) is 28.3. The minimum absolute atomic E-state index is 0.00706. The summed E-state index contributed by atoms with van der Waals surface area (Å²) in [6.07, 6.45) is 1.42. The molecule has 0 radical (unpaired) electrons. The van der Waals surface area contributed by atoms with E-state index in [-0.39, 0.29) is 45.1 Å². The SMILES string of the molecule is CS(=O)(=O)O.CS(=O)(=O)O.NCC(C(=O)Nc1ccc2cnccc2c1)c1ccc(COC(=O)CCC(=O)O[C@@H]2CO[C@@H]3[C@H]2OC[C@@H]3O[N+](=O)[O-])cc1. The number of aromatic nitrogens is 1. The second kappa shape index (κ2) is 19.3. The Bertz CT molecular complexity index is 1920. The van der Waals surface area contributed by atoms with Gasteiger partial charge in [0.05, 0.1) is 44.5 Å². The van der Waals surface area contributed by atoms with Crippen LogP contribution in [0.1, 0.15) is 29.9 Å². The van der Waals surface area contributed by atoms with Crippen molar-refractivity contribution in [2.75, 3.05) is 37.6 Å². The van der Waals surface area contributed by atoms with Gasteiger partial charge in [0, 0.05) is 30.0 Å². The van der Waals surface area contributed by atoms with E-state index in [9.17, 15) is 41.3 Å². The van der Waals surface area contributed by atoms with Gasteiger partial charge in [0.1, 0.15) is 18.8 Å². The summed E-state index contributed by atoms with van der Waals surface area (Å²) in [6, 6.07) is 14.4. The maximum Gasteiger partial charge on any atom is 0.306 e. The molecule has 3 aromatic rings. The van der Waals surface area contributed by atoms with E-state index in [4.69, 9.17) is 33.8 Å². The predicted molar refractivity (Wildman–Crippen MR) is 184 cm³/mol. The minimum atomic E-state index is -3.67. The Kier molecular flexibility index (Phi) is 15.5. The van der Waals surface area contributed by atoms with Crippen LogP contribution in [-0.2, 0) is 65.0 Å². The van der Waals surface area contributed by atoms with Crippen LogP contribution < -0.4 is 11.1 Å². The number of benzene rings is 2. The number of pyridine rings is 1. The molecule has 0 saturated carbocycles. The van der Waals surface area contributed by atoms with Gasteiger partial charge in [0.15, 0.2) is 12.2 Å². The van der Waals surface area contributed by atoms with Crippen LogP contribution in [0.4, 0.5) is 5.69 Å². The number of fused-ring (bicyclic) bond motifs is 2. The zero-order chi connectivity index (χ0) is 39.3. The first kappa shape index (κ1) is 42.6. The maximum absolute atomic E-state index is 13.0. The molecule has 0 aliphatic carbocycles. The van der Waals surface area contributed by atoms with Crippen molar-refractivity contribution in [3.05, 3.63) is 82.2 Å². The van der Waals surface area contributed by atoms with E-state index in [1.807, 2.05) is 18.2 Å². The fourth-order valence-corrected chi connectivity index (χ4v) is 5.03. The lowest BCUT2D eigenvalue weighted by molar-refractivity contribution is -0.769. The first-order valence-corrected chi connectivity index (χ1v) is 19.2. The van der Waals surface area contributed by atoms with Crippen molar-refractivity contribution in [1.82, 2.24) is 4.98 Å². The maximum atomic E-state index is 13.0. The molecule has 2 aliphatic rings. The highest BCUT2D eigenvalue weighted by Crippen LogP contribution is 2.31. The lowest BCUT2D eigenvalue weighted by Crippen LogP contribution is -2.35. The first-order valence-electron chi connectivity index (χ1n) is 15.5. The third-order valence-corrected chi connectivity index (χ3v) is 7.24. The van der Waals surface area contributed by atoms with Crippen LogP contribution in [0, 0.1) is 10.1 Å². The number of esters is 2. The third kappa shape index (κ3) is 15.3. The van der Waals surface area contributed by atoms with Crippen LogP contribution in [0.5, 0.6) is 0 Å². The van der Waals surface area contributed by atoms with Gasteiger partial charge in [-0.25, -0.2) is 0 Å². The van der Waals surface area contributed by atoms with Gasteiger partial charge in [-0.15, -0.1) is 10.1 Å². The van der Waals surface area contributed by atoms with E-state index < -0.39 is 67.6 Å². The van der Waals surface area contributed by atoms with E-state index in [0.29, 0.717) is 29.3 Å². The molecule has 53 heavy (non-hydrogen) atoms. The molecule has 1 amide bonds. The second-order valence-corrected chi connectivity index (χ2v) is 14.5. The molecule has 1 aromatic heterocycles. The van der Waals surface area contributed by atoms with E-state index in [1.54, 1.807) is 42.7 Å². The van der Waals surface area contributed by atoms with Crippen LogP contribution in [0.3, 0.4) is 0 Å². The van der Waals surface area contributed by atoms with Crippen LogP contribution in [0.15, 0.2) is 60.9 Å². The highest BCUT2D eigenvalue weighted by molar-refractivity contribution is 7.85. The Hall–Kier alpha value is -4.84. The Balaban J connectivity index is 0.000000669. The summed E-state index contributed by atoms with van der Waals surface area (Å²) in [5.74, 6) is -2.07. The molecule has 290 valence electrons. The fraction of sp³-hybridized carbons (Fsp3) is 0.419. The Morgan fingerprint density at radius 1 is 0.943 bits per heavy atom. The summed E-state index contributed by atoms with van der Waals surface area (Å²) >= 11 is 0. The van der Waals surface area contributed by atoms with Gasteiger partial charge in [0.2, 0.25) is 5.91 Å². The molecule has 5 atom stereocenters. The number of ether oxygens (including phenoxy) is 4. The van der Waals surface area contributed by atoms with E-state index in [1.165, 1.54) is 0 Å². The lowest BCUT2D eigenvalue weighted by Gasteiger charge is -2.17. The molecular formula is C31H38N4O16S2. The van der Waals surface area contributed by atoms with Crippen molar-refractivity contribution < 1.29 is 69.2 Å². The van der Waals surface area contributed by atoms with Gasteiger partial charge in [0.25, 0.3) is 25.3 Å². The van der Waals surface area contributed by atoms with Crippen molar-refractivity contribution in [3.8, 4) is 0 Å². The molecule has 22 heteroatoms. The van der Waals surface area contributed by atoms with Crippen LogP contribution >= 0.6 is 0 Å². The number of hydrogen-bond donors (Lipinski definition) is 4. The largest absolute Gasteiger partial charge is 0.461 e. The van der Waals surface area contributed by atoms with E-state index >= 15 is 0 Å². The summed E-state index contributed by atoms with van der Waals surface area (Å²) in [4.78, 5) is 56.7. The summed E-state index contributed by atoms with van der Waals surface area (Å²) in [6.45, 7) is 0.0292. The molecule has 0 bridgehead atoms. The van der Waals surface area contributed by atoms with Crippen LogP contribution in [0.2, 0.25) is 0 Å². The van der Waals surface area contributed by atoms with Gasteiger partial charge in [-0.1, -0.05) is 30.3 Å². The van der Waals surface area contributed by atoms with Crippen LogP contribution in [-0.4, -0.2) is 111 Å².